The molecule has 0 bridgehead atoms. The molecule has 1 aromatic rings. The minimum absolute atomic E-state index is 0.0669. The molecule has 0 aliphatic carbocycles. The van der Waals surface area contributed by atoms with E-state index in [2.05, 4.69) is 45.1 Å². The number of anilines is 1. The van der Waals surface area contributed by atoms with E-state index in [1.165, 1.54) is 6.20 Å². The van der Waals surface area contributed by atoms with Crippen LogP contribution >= 0.6 is 15.9 Å². The Balaban J connectivity index is 2.47. The average molecular weight is 315 g/mol. The smallest absolute Gasteiger partial charge is 0.225 e. The second kappa shape index (κ2) is 7.43. The van der Waals surface area contributed by atoms with Gasteiger partial charge in [-0.3, -0.25) is 4.79 Å². The molecular formula is C12H19BrN4O. The van der Waals surface area contributed by atoms with E-state index in [9.17, 15) is 4.79 Å². The monoisotopic (exact) mass is 314 g/mol. The van der Waals surface area contributed by atoms with Crippen LogP contribution in [0.3, 0.4) is 0 Å². The molecule has 0 saturated heterocycles. The summed E-state index contributed by atoms with van der Waals surface area (Å²) in [6.07, 6.45) is 4.44. The van der Waals surface area contributed by atoms with Gasteiger partial charge < -0.3 is 11.1 Å². The maximum atomic E-state index is 11.8. The fourth-order valence-corrected chi connectivity index (χ4v) is 1.97. The van der Waals surface area contributed by atoms with Crippen LogP contribution < -0.4 is 11.1 Å². The number of carbonyl (C=O) groups excluding carboxylic acids is 1. The zero-order valence-corrected chi connectivity index (χ0v) is 12.3. The predicted molar refractivity (Wildman–Crippen MR) is 75.0 cm³/mol. The first-order valence-corrected chi connectivity index (χ1v) is 6.78. The SMILES string of the molecule is CC(C)C[C@H](CN)CC(=O)Nc1cnc(Br)cn1. The molecule has 0 saturated carbocycles. The Hall–Kier alpha value is -1.01. The minimum Gasteiger partial charge on any atom is -0.330 e. The molecule has 0 spiro atoms. The highest BCUT2D eigenvalue weighted by molar-refractivity contribution is 9.10. The van der Waals surface area contributed by atoms with Gasteiger partial charge in [-0.25, -0.2) is 9.97 Å². The number of amides is 1. The first kappa shape index (κ1) is 15.0. The molecule has 0 aliphatic rings. The van der Waals surface area contributed by atoms with Crippen LogP contribution in [0.1, 0.15) is 26.7 Å². The molecule has 6 heteroatoms. The maximum Gasteiger partial charge on any atom is 0.225 e. The van der Waals surface area contributed by atoms with E-state index >= 15 is 0 Å². The number of rotatable bonds is 6. The van der Waals surface area contributed by atoms with Gasteiger partial charge in [-0.2, -0.15) is 0 Å². The molecule has 5 nitrogen and oxygen atoms in total. The fraction of sp³-hybridized carbons (Fsp3) is 0.583. The van der Waals surface area contributed by atoms with Gasteiger partial charge in [0.15, 0.2) is 5.82 Å². The summed E-state index contributed by atoms with van der Waals surface area (Å²) in [4.78, 5) is 19.8. The number of carbonyl (C=O) groups is 1. The number of nitrogens with one attached hydrogen (secondary N) is 1. The normalized spacial score (nSPS) is 12.5. The summed E-state index contributed by atoms with van der Waals surface area (Å²) in [5.74, 6) is 1.15. The van der Waals surface area contributed by atoms with E-state index in [0.717, 1.165) is 6.42 Å². The molecule has 0 radical (unpaired) electrons. The van der Waals surface area contributed by atoms with Crippen molar-refractivity contribution < 1.29 is 4.79 Å². The molecule has 1 amide bonds. The second-order valence-electron chi connectivity index (χ2n) is 4.71. The lowest BCUT2D eigenvalue weighted by Gasteiger charge is -2.16. The van der Waals surface area contributed by atoms with Gasteiger partial charge in [-0.15, -0.1) is 0 Å². The van der Waals surface area contributed by atoms with Crippen molar-refractivity contribution in [2.24, 2.45) is 17.6 Å². The molecule has 1 rings (SSSR count). The van der Waals surface area contributed by atoms with Crippen LogP contribution in [0.5, 0.6) is 0 Å². The van der Waals surface area contributed by atoms with Gasteiger partial charge in [0.25, 0.3) is 0 Å². The molecule has 0 aromatic carbocycles. The highest BCUT2D eigenvalue weighted by Crippen LogP contribution is 2.15. The number of hydrogen-bond donors (Lipinski definition) is 2. The molecule has 0 fully saturated rings. The van der Waals surface area contributed by atoms with Crippen molar-refractivity contribution >= 4 is 27.7 Å². The average Bonchev–Trinajstić information content (AvgIpc) is 2.30. The van der Waals surface area contributed by atoms with Gasteiger partial charge in [-0.1, -0.05) is 13.8 Å². The Morgan fingerprint density at radius 2 is 2.17 bits per heavy atom. The Kier molecular flexibility index (Phi) is 6.21. The summed E-state index contributed by atoms with van der Waals surface area (Å²) in [5.41, 5.74) is 5.67. The van der Waals surface area contributed by atoms with Crippen molar-refractivity contribution in [2.75, 3.05) is 11.9 Å². The predicted octanol–water partition coefficient (Wildman–Crippen LogP) is 2.19. The molecule has 3 N–H and O–H groups in total. The van der Waals surface area contributed by atoms with Gasteiger partial charge in [0, 0.05) is 6.42 Å². The Morgan fingerprint density at radius 3 is 2.67 bits per heavy atom. The number of aromatic nitrogens is 2. The number of nitrogens with two attached hydrogens (primary N) is 1. The van der Waals surface area contributed by atoms with E-state index in [-0.39, 0.29) is 11.8 Å². The summed E-state index contributed by atoms with van der Waals surface area (Å²) in [6, 6.07) is 0. The topological polar surface area (TPSA) is 80.9 Å². The summed E-state index contributed by atoms with van der Waals surface area (Å²) >= 11 is 3.19. The maximum absolute atomic E-state index is 11.8. The van der Waals surface area contributed by atoms with Crippen LogP contribution in [-0.2, 0) is 4.79 Å². The highest BCUT2D eigenvalue weighted by atomic mass is 79.9. The standard InChI is InChI=1S/C12H19BrN4O/c1-8(2)3-9(5-14)4-12(18)17-11-7-15-10(13)6-16-11/h6-9H,3-5,14H2,1-2H3,(H,16,17,18)/t9-/m0/s1. The fourth-order valence-electron chi connectivity index (χ4n) is 1.76. The van der Waals surface area contributed by atoms with Crippen LogP contribution in [0.2, 0.25) is 0 Å². The van der Waals surface area contributed by atoms with Gasteiger partial charge >= 0.3 is 0 Å². The first-order valence-electron chi connectivity index (χ1n) is 5.98. The van der Waals surface area contributed by atoms with Crippen molar-refractivity contribution in [1.82, 2.24) is 9.97 Å². The number of hydrogen-bond acceptors (Lipinski definition) is 4. The zero-order chi connectivity index (χ0) is 13.5. The van der Waals surface area contributed by atoms with E-state index in [0.29, 0.717) is 29.3 Å². The summed E-state index contributed by atoms with van der Waals surface area (Å²) in [7, 11) is 0. The van der Waals surface area contributed by atoms with Crippen LogP contribution in [0.25, 0.3) is 0 Å². The quantitative estimate of drug-likeness (QED) is 0.843. The lowest BCUT2D eigenvalue weighted by Crippen LogP contribution is -2.23. The van der Waals surface area contributed by atoms with Crippen molar-refractivity contribution in [3.63, 3.8) is 0 Å². The molecule has 1 atom stereocenters. The summed E-state index contributed by atoms with van der Waals surface area (Å²) in [6.45, 7) is 4.78. The molecule has 1 aromatic heterocycles. The van der Waals surface area contributed by atoms with Gasteiger partial charge in [0.05, 0.1) is 12.4 Å². The van der Waals surface area contributed by atoms with Crippen LogP contribution in [0, 0.1) is 11.8 Å². The summed E-state index contributed by atoms with van der Waals surface area (Å²) < 4.78 is 0.639. The summed E-state index contributed by atoms with van der Waals surface area (Å²) in [5, 5.41) is 2.72. The Bertz CT molecular complexity index is 380. The molecule has 100 valence electrons. The van der Waals surface area contributed by atoms with Crippen LogP contribution in [0.15, 0.2) is 17.0 Å². The van der Waals surface area contributed by atoms with Gasteiger partial charge in [0.2, 0.25) is 5.91 Å². The van der Waals surface area contributed by atoms with E-state index in [1.54, 1.807) is 6.20 Å². The van der Waals surface area contributed by atoms with Crippen molar-refractivity contribution in [1.29, 1.82) is 0 Å². The lowest BCUT2D eigenvalue weighted by molar-refractivity contribution is -0.117. The molecular weight excluding hydrogens is 296 g/mol. The third-order valence-corrected chi connectivity index (χ3v) is 2.91. The largest absolute Gasteiger partial charge is 0.330 e. The van der Waals surface area contributed by atoms with Crippen molar-refractivity contribution in [2.45, 2.75) is 26.7 Å². The number of nitrogens with zero attached hydrogens (tertiary/aromatic N) is 2. The molecule has 0 unspecified atom stereocenters. The Labute approximate surface area is 116 Å². The third kappa shape index (κ3) is 5.55. The highest BCUT2D eigenvalue weighted by Gasteiger charge is 2.14. The molecule has 0 aliphatic heterocycles. The zero-order valence-electron chi connectivity index (χ0n) is 10.7. The minimum atomic E-state index is -0.0669. The number of halogens is 1. The molecule has 1 heterocycles. The third-order valence-electron chi connectivity index (χ3n) is 2.50. The van der Waals surface area contributed by atoms with Crippen molar-refractivity contribution in [3.8, 4) is 0 Å². The van der Waals surface area contributed by atoms with Crippen molar-refractivity contribution in [3.05, 3.63) is 17.0 Å². The van der Waals surface area contributed by atoms with Crippen LogP contribution in [0.4, 0.5) is 5.82 Å². The van der Waals surface area contributed by atoms with Gasteiger partial charge in [0.1, 0.15) is 4.60 Å². The van der Waals surface area contributed by atoms with Crippen LogP contribution in [-0.4, -0.2) is 22.4 Å². The van der Waals surface area contributed by atoms with Gasteiger partial charge in [-0.05, 0) is 40.7 Å². The first-order chi connectivity index (χ1) is 8.51. The molecule has 18 heavy (non-hydrogen) atoms. The van der Waals surface area contributed by atoms with E-state index < -0.39 is 0 Å². The van der Waals surface area contributed by atoms with E-state index in [4.69, 9.17) is 5.73 Å². The van der Waals surface area contributed by atoms with E-state index in [1.807, 2.05) is 0 Å². The second-order valence-corrected chi connectivity index (χ2v) is 5.52. The lowest BCUT2D eigenvalue weighted by atomic mass is 9.94. The Morgan fingerprint density at radius 1 is 1.44 bits per heavy atom.